The van der Waals surface area contributed by atoms with Gasteiger partial charge in [-0.2, -0.15) is 0 Å². The molecule has 0 aliphatic carbocycles. The largest absolute Gasteiger partial charge is 0.465 e. The minimum absolute atomic E-state index is 0.0760. The lowest BCUT2D eigenvalue weighted by Crippen LogP contribution is -2.30. The topological polar surface area (TPSA) is 76.1 Å². The van der Waals surface area contributed by atoms with Gasteiger partial charge in [0.1, 0.15) is 0 Å². The van der Waals surface area contributed by atoms with E-state index in [9.17, 15) is 14.7 Å². The minimum Gasteiger partial charge on any atom is -0.465 e. The summed E-state index contributed by atoms with van der Waals surface area (Å²) < 4.78 is 11.7. The van der Waals surface area contributed by atoms with Gasteiger partial charge in [0.2, 0.25) is 0 Å². The molecule has 0 aliphatic heterocycles. The molecule has 0 aromatic heterocycles. The summed E-state index contributed by atoms with van der Waals surface area (Å²) in [5, 5.41) is 9.69. The second kappa shape index (κ2) is 45.0. The Morgan fingerprint density at radius 3 is 0.929 bits per heavy atom. The van der Waals surface area contributed by atoms with Crippen molar-refractivity contribution in [3.05, 3.63) is 0 Å². The summed E-state index contributed by atoms with van der Waals surface area (Å²) in [7, 11) is 0. The summed E-state index contributed by atoms with van der Waals surface area (Å²) in [4.78, 5) is 27.7. The summed E-state index contributed by atoms with van der Waals surface area (Å²) in [5.74, 6) is 0.770. The number of carbonyl (C=O) groups excluding carboxylic acids is 2. The maximum absolute atomic E-state index is 12.8. The molecule has 334 valence electrons. The fourth-order valence-corrected chi connectivity index (χ4v) is 8.12. The van der Waals surface area contributed by atoms with Crippen LogP contribution < -0.4 is 0 Å². The molecule has 0 fully saturated rings. The zero-order valence-electron chi connectivity index (χ0n) is 38.4. The van der Waals surface area contributed by atoms with Crippen molar-refractivity contribution >= 4 is 11.9 Å². The number of aliphatic hydroxyl groups excluding tert-OH is 1. The molecule has 0 bridgehead atoms. The van der Waals surface area contributed by atoms with Gasteiger partial charge in [0.05, 0.1) is 19.8 Å². The van der Waals surface area contributed by atoms with Crippen molar-refractivity contribution in [2.45, 2.75) is 259 Å². The summed E-state index contributed by atoms with van der Waals surface area (Å²) in [6.45, 7) is 12.3. The molecule has 0 saturated heterocycles. The van der Waals surface area contributed by atoms with Gasteiger partial charge in [-0.05, 0) is 63.5 Å². The standard InChI is InChI=1S/C50H99NO5/c1-5-9-13-17-21-23-27-31-37-47(35-29-25-19-15-11-7-3)45-55-49(53)39-33-41-51(43-44-52)42-34-40-50(54)56-46-48(36-30-26-20-16-12-8-4)38-32-28-24-22-18-14-10-6-2/h47-48,52H,5-46H2,1-4H3. The van der Waals surface area contributed by atoms with Gasteiger partial charge in [-0.1, -0.05) is 207 Å². The van der Waals surface area contributed by atoms with Crippen molar-refractivity contribution < 1.29 is 24.2 Å². The molecule has 1 N–H and O–H groups in total. The monoisotopic (exact) mass is 794 g/mol. The van der Waals surface area contributed by atoms with Crippen molar-refractivity contribution in [1.82, 2.24) is 4.90 Å². The molecule has 0 amide bonds. The molecular weight excluding hydrogens is 695 g/mol. The molecule has 0 saturated carbocycles. The average Bonchev–Trinajstić information content (AvgIpc) is 3.19. The minimum atomic E-state index is -0.0936. The Labute approximate surface area is 350 Å². The van der Waals surface area contributed by atoms with E-state index in [2.05, 4.69) is 32.6 Å². The van der Waals surface area contributed by atoms with Crippen LogP contribution in [-0.2, 0) is 19.1 Å². The van der Waals surface area contributed by atoms with Crippen LogP contribution in [-0.4, -0.2) is 61.4 Å². The number of hydrogen-bond donors (Lipinski definition) is 1. The highest BCUT2D eigenvalue weighted by molar-refractivity contribution is 5.69. The number of ether oxygens (including phenoxy) is 2. The fraction of sp³-hybridized carbons (Fsp3) is 0.960. The molecule has 56 heavy (non-hydrogen) atoms. The zero-order valence-corrected chi connectivity index (χ0v) is 38.4. The van der Waals surface area contributed by atoms with Crippen molar-refractivity contribution in [2.75, 3.05) is 39.5 Å². The summed E-state index contributed by atoms with van der Waals surface area (Å²) >= 11 is 0. The number of aliphatic hydroxyl groups is 1. The van der Waals surface area contributed by atoms with E-state index < -0.39 is 0 Å². The number of hydrogen-bond acceptors (Lipinski definition) is 6. The fourth-order valence-electron chi connectivity index (χ4n) is 8.12. The lowest BCUT2D eigenvalue weighted by Gasteiger charge is -2.21. The van der Waals surface area contributed by atoms with Gasteiger partial charge >= 0.3 is 11.9 Å². The van der Waals surface area contributed by atoms with Gasteiger partial charge in [-0.3, -0.25) is 9.59 Å². The number of unbranched alkanes of at least 4 members (excludes halogenated alkanes) is 24. The van der Waals surface area contributed by atoms with E-state index in [0.717, 1.165) is 13.1 Å². The maximum atomic E-state index is 12.8. The van der Waals surface area contributed by atoms with Gasteiger partial charge in [0.25, 0.3) is 0 Å². The molecule has 6 nitrogen and oxygen atoms in total. The Hall–Kier alpha value is -1.14. The van der Waals surface area contributed by atoms with Crippen LogP contribution in [0, 0.1) is 11.8 Å². The number of esters is 2. The zero-order chi connectivity index (χ0) is 41.0. The van der Waals surface area contributed by atoms with Crippen LogP contribution in [0.4, 0.5) is 0 Å². The Kier molecular flexibility index (Phi) is 44.0. The first-order chi connectivity index (χ1) is 27.5. The van der Waals surface area contributed by atoms with E-state index in [0.29, 0.717) is 57.3 Å². The summed E-state index contributed by atoms with van der Waals surface area (Å²) in [6, 6.07) is 0. The Morgan fingerprint density at radius 1 is 0.393 bits per heavy atom. The van der Waals surface area contributed by atoms with Gasteiger partial charge in [-0.15, -0.1) is 0 Å². The van der Waals surface area contributed by atoms with Crippen LogP contribution in [0.5, 0.6) is 0 Å². The third kappa shape index (κ3) is 39.7. The highest BCUT2D eigenvalue weighted by atomic mass is 16.5. The molecule has 0 rings (SSSR count). The molecular formula is C50H99NO5. The summed E-state index contributed by atoms with van der Waals surface area (Å²) in [6.07, 6.45) is 43.8. The molecule has 0 radical (unpaired) electrons. The molecule has 0 aliphatic rings. The molecule has 2 unspecified atom stereocenters. The molecule has 0 aromatic carbocycles. The highest BCUT2D eigenvalue weighted by Crippen LogP contribution is 2.22. The van der Waals surface area contributed by atoms with Crippen LogP contribution in [0.25, 0.3) is 0 Å². The van der Waals surface area contributed by atoms with E-state index in [1.165, 1.54) is 205 Å². The van der Waals surface area contributed by atoms with Crippen LogP contribution >= 0.6 is 0 Å². The van der Waals surface area contributed by atoms with E-state index in [1.54, 1.807) is 0 Å². The Bertz CT molecular complexity index is 744. The number of carbonyl (C=O) groups is 2. The van der Waals surface area contributed by atoms with E-state index in [4.69, 9.17) is 9.47 Å². The van der Waals surface area contributed by atoms with Crippen LogP contribution in [0.3, 0.4) is 0 Å². The van der Waals surface area contributed by atoms with E-state index >= 15 is 0 Å². The van der Waals surface area contributed by atoms with Crippen molar-refractivity contribution in [1.29, 1.82) is 0 Å². The molecule has 0 heterocycles. The average molecular weight is 794 g/mol. The van der Waals surface area contributed by atoms with Gasteiger partial charge in [0.15, 0.2) is 0 Å². The lowest BCUT2D eigenvalue weighted by atomic mass is 9.94. The van der Waals surface area contributed by atoms with Gasteiger partial charge in [0, 0.05) is 19.4 Å². The van der Waals surface area contributed by atoms with Crippen LogP contribution in [0.1, 0.15) is 259 Å². The first-order valence-electron chi connectivity index (χ1n) is 25.1. The second-order valence-corrected chi connectivity index (χ2v) is 17.5. The van der Waals surface area contributed by atoms with Crippen molar-refractivity contribution in [2.24, 2.45) is 11.8 Å². The SMILES string of the molecule is CCCCCCCCCCC(CCCCCCCC)COC(=O)CCCN(CCO)CCCC(=O)OCC(CCCCCCCC)CCCCCCCCCC. The second-order valence-electron chi connectivity index (χ2n) is 17.5. The molecule has 2 atom stereocenters. The molecule has 6 heteroatoms. The molecule has 0 aromatic rings. The van der Waals surface area contributed by atoms with Gasteiger partial charge in [-0.25, -0.2) is 0 Å². The first-order valence-corrected chi connectivity index (χ1v) is 25.1. The quantitative estimate of drug-likeness (QED) is 0.0489. The van der Waals surface area contributed by atoms with Gasteiger partial charge < -0.3 is 19.5 Å². The smallest absolute Gasteiger partial charge is 0.305 e. The Balaban J connectivity index is 4.55. The maximum Gasteiger partial charge on any atom is 0.305 e. The van der Waals surface area contributed by atoms with E-state index in [1.807, 2.05) is 0 Å². The number of rotatable bonds is 46. The third-order valence-corrected chi connectivity index (χ3v) is 12.0. The van der Waals surface area contributed by atoms with Crippen LogP contribution in [0.2, 0.25) is 0 Å². The van der Waals surface area contributed by atoms with Crippen molar-refractivity contribution in [3.8, 4) is 0 Å². The van der Waals surface area contributed by atoms with E-state index in [-0.39, 0.29) is 18.5 Å². The third-order valence-electron chi connectivity index (χ3n) is 12.0. The Morgan fingerprint density at radius 2 is 0.661 bits per heavy atom. The predicted molar refractivity (Wildman–Crippen MR) is 241 cm³/mol. The highest BCUT2D eigenvalue weighted by Gasteiger charge is 2.15. The lowest BCUT2D eigenvalue weighted by molar-refractivity contribution is -0.146. The van der Waals surface area contributed by atoms with Crippen LogP contribution in [0.15, 0.2) is 0 Å². The van der Waals surface area contributed by atoms with Crippen molar-refractivity contribution in [3.63, 3.8) is 0 Å². The summed E-state index contributed by atoms with van der Waals surface area (Å²) in [5.41, 5.74) is 0. The first kappa shape index (κ1) is 54.9. The number of nitrogens with zero attached hydrogens (tertiary/aromatic N) is 1. The normalized spacial score (nSPS) is 12.7. The predicted octanol–water partition coefficient (Wildman–Crippen LogP) is 14.7. The molecule has 0 spiro atoms.